The van der Waals surface area contributed by atoms with E-state index in [0.29, 0.717) is 19.0 Å². The zero-order valence-corrected chi connectivity index (χ0v) is 12.0. The molecule has 1 atom stereocenters. The minimum atomic E-state index is -0.529. The maximum absolute atomic E-state index is 9.69. The van der Waals surface area contributed by atoms with Crippen molar-refractivity contribution < 1.29 is 14.6 Å². The van der Waals surface area contributed by atoms with E-state index in [9.17, 15) is 5.11 Å². The first kappa shape index (κ1) is 12.6. The predicted molar refractivity (Wildman–Crippen MR) is 80.8 cm³/mol. The molecule has 4 rings (SSSR count). The molecule has 1 N–H and O–H groups in total. The number of nitrogens with zero attached hydrogens (tertiary/aromatic N) is 1. The van der Waals surface area contributed by atoms with Crippen molar-refractivity contribution >= 4 is 21.6 Å². The second kappa shape index (κ2) is 5.02. The fourth-order valence-electron chi connectivity index (χ4n) is 2.39. The van der Waals surface area contributed by atoms with Crippen LogP contribution in [0.5, 0.6) is 11.5 Å². The Balaban J connectivity index is 1.51. The number of rotatable bonds is 3. The number of fused-ring (bicyclic) bond motifs is 2. The molecular weight excluding hydrogens is 286 g/mol. The van der Waals surface area contributed by atoms with Crippen LogP contribution in [0.3, 0.4) is 0 Å². The highest BCUT2D eigenvalue weighted by molar-refractivity contribution is 7.18. The summed E-state index contributed by atoms with van der Waals surface area (Å²) in [7, 11) is 0. The first-order valence-electron chi connectivity index (χ1n) is 6.72. The molecule has 106 valence electrons. The van der Waals surface area contributed by atoms with Crippen molar-refractivity contribution in [3.63, 3.8) is 0 Å². The van der Waals surface area contributed by atoms with E-state index in [2.05, 4.69) is 11.1 Å². The van der Waals surface area contributed by atoms with E-state index in [4.69, 9.17) is 9.47 Å². The van der Waals surface area contributed by atoms with E-state index in [0.717, 1.165) is 26.5 Å². The quantitative estimate of drug-likeness (QED) is 0.806. The van der Waals surface area contributed by atoms with Crippen molar-refractivity contribution in [1.29, 1.82) is 0 Å². The van der Waals surface area contributed by atoms with Gasteiger partial charge in [0.05, 0.1) is 10.2 Å². The summed E-state index contributed by atoms with van der Waals surface area (Å²) in [5, 5.41) is 10.6. The molecule has 0 aliphatic carbocycles. The average Bonchev–Trinajstić information content (AvgIpc) is 3.08. The second-order valence-corrected chi connectivity index (χ2v) is 6.01. The summed E-state index contributed by atoms with van der Waals surface area (Å²) in [6.45, 7) is 0.747. The minimum absolute atomic E-state index is 0.316. The van der Waals surface area contributed by atoms with Gasteiger partial charge in [-0.1, -0.05) is 12.1 Å². The Labute approximate surface area is 125 Å². The van der Waals surface area contributed by atoms with E-state index in [1.54, 1.807) is 11.3 Å². The fourth-order valence-corrected chi connectivity index (χ4v) is 3.27. The minimum Gasteiger partial charge on any atom is -0.490 e. The molecule has 0 saturated heterocycles. The van der Waals surface area contributed by atoms with Crippen molar-refractivity contribution in [1.82, 2.24) is 4.98 Å². The first-order valence-corrected chi connectivity index (χ1v) is 7.53. The van der Waals surface area contributed by atoms with Gasteiger partial charge in [0.1, 0.15) is 35.8 Å². The van der Waals surface area contributed by atoms with Crippen LogP contribution in [0.25, 0.3) is 10.2 Å². The third kappa shape index (κ3) is 2.34. The van der Waals surface area contributed by atoms with Crippen molar-refractivity contribution in [2.45, 2.75) is 12.7 Å². The summed E-state index contributed by atoms with van der Waals surface area (Å²) in [6, 6.07) is 13.6. The van der Waals surface area contributed by atoms with Crippen molar-refractivity contribution in [2.24, 2.45) is 0 Å². The number of thiazole rings is 1. The number of ether oxygens (including phenoxy) is 2. The van der Waals surface area contributed by atoms with Gasteiger partial charge in [0, 0.05) is 11.6 Å². The lowest BCUT2D eigenvalue weighted by Crippen LogP contribution is -1.97. The van der Waals surface area contributed by atoms with Crippen molar-refractivity contribution in [3.8, 4) is 11.5 Å². The zero-order chi connectivity index (χ0) is 14.2. The van der Waals surface area contributed by atoms with Crippen LogP contribution in [-0.4, -0.2) is 16.7 Å². The van der Waals surface area contributed by atoms with Gasteiger partial charge in [-0.15, -0.1) is 11.3 Å². The standard InChI is InChI=1S/C16H13NO3S/c18-13-8-20-14-7-10(5-6-11(13)14)19-9-16-17-12-3-1-2-4-15(12)21-16/h1-7,13,18H,8-9H2. The molecule has 1 unspecified atom stereocenters. The molecule has 3 aromatic rings. The van der Waals surface area contributed by atoms with E-state index in [-0.39, 0.29) is 0 Å². The van der Waals surface area contributed by atoms with E-state index < -0.39 is 6.10 Å². The molecule has 0 bridgehead atoms. The van der Waals surface area contributed by atoms with Crippen LogP contribution in [0.2, 0.25) is 0 Å². The topological polar surface area (TPSA) is 51.6 Å². The Hall–Kier alpha value is -2.11. The van der Waals surface area contributed by atoms with Gasteiger partial charge in [-0.25, -0.2) is 4.98 Å². The average molecular weight is 299 g/mol. The van der Waals surface area contributed by atoms with Gasteiger partial charge in [-0.05, 0) is 24.3 Å². The summed E-state index contributed by atoms with van der Waals surface area (Å²) < 4.78 is 12.3. The maximum atomic E-state index is 9.69. The number of aliphatic hydroxyl groups excluding tert-OH is 1. The van der Waals surface area contributed by atoms with Crippen LogP contribution in [0.15, 0.2) is 42.5 Å². The molecule has 0 fully saturated rings. The van der Waals surface area contributed by atoms with Gasteiger partial charge in [0.25, 0.3) is 0 Å². The summed E-state index contributed by atoms with van der Waals surface area (Å²) in [4.78, 5) is 4.53. The Morgan fingerprint density at radius 3 is 3.10 bits per heavy atom. The van der Waals surface area contributed by atoms with Gasteiger partial charge in [0.15, 0.2) is 0 Å². The summed E-state index contributed by atoms with van der Waals surface area (Å²) in [5.41, 5.74) is 1.82. The monoisotopic (exact) mass is 299 g/mol. The molecule has 0 spiro atoms. The Morgan fingerprint density at radius 1 is 1.29 bits per heavy atom. The molecule has 2 heterocycles. The lowest BCUT2D eigenvalue weighted by Gasteiger charge is -2.06. The zero-order valence-electron chi connectivity index (χ0n) is 11.2. The molecule has 1 aromatic heterocycles. The van der Waals surface area contributed by atoms with Gasteiger partial charge < -0.3 is 14.6 Å². The smallest absolute Gasteiger partial charge is 0.140 e. The molecule has 2 aromatic carbocycles. The second-order valence-electron chi connectivity index (χ2n) is 4.89. The highest BCUT2D eigenvalue weighted by Gasteiger charge is 2.22. The molecule has 1 aliphatic rings. The van der Waals surface area contributed by atoms with Gasteiger partial charge in [-0.2, -0.15) is 0 Å². The molecule has 4 nitrogen and oxygen atoms in total. The SMILES string of the molecule is OC1COc2cc(OCc3nc4ccccc4s3)ccc21. The Bertz CT molecular complexity index is 766. The third-order valence-corrected chi connectivity index (χ3v) is 4.45. The molecule has 1 aliphatic heterocycles. The Kier molecular flexibility index (Phi) is 3.02. The first-order chi connectivity index (χ1) is 10.3. The van der Waals surface area contributed by atoms with E-state index in [1.165, 1.54) is 0 Å². The summed E-state index contributed by atoms with van der Waals surface area (Å²) in [6.07, 6.45) is -0.529. The number of aromatic nitrogens is 1. The van der Waals surface area contributed by atoms with E-state index >= 15 is 0 Å². The van der Waals surface area contributed by atoms with E-state index in [1.807, 2.05) is 36.4 Å². The van der Waals surface area contributed by atoms with Gasteiger partial charge in [-0.3, -0.25) is 0 Å². The van der Waals surface area contributed by atoms with Crippen LogP contribution in [0.1, 0.15) is 16.7 Å². The summed E-state index contributed by atoms with van der Waals surface area (Å²) in [5.74, 6) is 1.42. The summed E-state index contributed by atoms with van der Waals surface area (Å²) >= 11 is 1.63. The van der Waals surface area contributed by atoms with Crippen molar-refractivity contribution in [3.05, 3.63) is 53.0 Å². The maximum Gasteiger partial charge on any atom is 0.140 e. The van der Waals surface area contributed by atoms with Gasteiger partial charge >= 0.3 is 0 Å². The third-order valence-electron chi connectivity index (χ3n) is 3.44. The van der Waals surface area contributed by atoms with Crippen LogP contribution in [0.4, 0.5) is 0 Å². The normalized spacial score (nSPS) is 16.7. The number of hydrogen-bond donors (Lipinski definition) is 1. The predicted octanol–water partition coefficient (Wildman–Crippen LogP) is 3.30. The molecule has 0 amide bonds. The number of aliphatic hydroxyl groups is 1. The lowest BCUT2D eigenvalue weighted by molar-refractivity contribution is 0.140. The van der Waals surface area contributed by atoms with Crippen LogP contribution in [0, 0.1) is 0 Å². The van der Waals surface area contributed by atoms with Crippen LogP contribution in [-0.2, 0) is 6.61 Å². The van der Waals surface area contributed by atoms with Crippen molar-refractivity contribution in [2.75, 3.05) is 6.61 Å². The van der Waals surface area contributed by atoms with Crippen LogP contribution >= 0.6 is 11.3 Å². The van der Waals surface area contributed by atoms with Crippen LogP contribution < -0.4 is 9.47 Å². The number of benzene rings is 2. The highest BCUT2D eigenvalue weighted by Crippen LogP contribution is 2.35. The molecule has 21 heavy (non-hydrogen) atoms. The molecular formula is C16H13NO3S. The fraction of sp³-hybridized carbons (Fsp3) is 0.188. The Morgan fingerprint density at radius 2 is 2.19 bits per heavy atom. The number of para-hydroxylation sites is 1. The van der Waals surface area contributed by atoms with Gasteiger partial charge in [0.2, 0.25) is 0 Å². The number of hydrogen-bond acceptors (Lipinski definition) is 5. The highest BCUT2D eigenvalue weighted by atomic mass is 32.1. The largest absolute Gasteiger partial charge is 0.490 e. The molecule has 5 heteroatoms. The molecule has 0 saturated carbocycles. The molecule has 0 radical (unpaired) electrons. The lowest BCUT2D eigenvalue weighted by atomic mass is 10.1.